The van der Waals surface area contributed by atoms with Gasteiger partial charge in [-0.25, -0.2) is 8.78 Å². The van der Waals surface area contributed by atoms with Crippen LogP contribution in [0.25, 0.3) is 0 Å². The van der Waals surface area contributed by atoms with Crippen LogP contribution in [0.15, 0.2) is 16.6 Å². The van der Waals surface area contributed by atoms with Gasteiger partial charge in [0.25, 0.3) is 5.91 Å². The number of amides is 1. The molecule has 1 amide bonds. The van der Waals surface area contributed by atoms with Crippen LogP contribution in [-0.2, 0) is 0 Å². The minimum absolute atomic E-state index is 0.263. The lowest BCUT2D eigenvalue weighted by Gasteiger charge is -2.08. The largest absolute Gasteiger partial charge is 0.351 e. The Morgan fingerprint density at radius 1 is 1.22 bits per heavy atom. The molecule has 0 aliphatic carbocycles. The maximum Gasteiger partial charge on any atom is 0.257 e. The zero-order chi connectivity index (χ0) is 13.5. The highest BCUT2D eigenvalue weighted by Crippen LogP contribution is 2.19. The van der Waals surface area contributed by atoms with Crippen molar-refractivity contribution in [1.29, 1.82) is 0 Å². The number of hydrogen-bond donors (Lipinski definition) is 2. The van der Waals surface area contributed by atoms with E-state index in [0.717, 1.165) is 25.1 Å². The Morgan fingerprint density at radius 2 is 1.83 bits per heavy atom. The van der Waals surface area contributed by atoms with Gasteiger partial charge < -0.3 is 10.6 Å². The summed E-state index contributed by atoms with van der Waals surface area (Å²) in [6.07, 6.45) is 0.990. The predicted octanol–water partition coefficient (Wildman–Crippen LogP) is 2.46. The van der Waals surface area contributed by atoms with Crippen LogP contribution in [0.2, 0.25) is 0 Å². The van der Waals surface area contributed by atoms with Crippen LogP contribution in [0, 0.1) is 11.6 Å². The molecule has 3 nitrogen and oxygen atoms in total. The third kappa shape index (κ3) is 4.34. The molecule has 18 heavy (non-hydrogen) atoms. The van der Waals surface area contributed by atoms with Gasteiger partial charge in [0.15, 0.2) is 0 Å². The average Bonchev–Trinajstić information content (AvgIpc) is 2.27. The molecule has 0 unspecified atom stereocenters. The second kappa shape index (κ2) is 7.43. The van der Waals surface area contributed by atoms with Gasteiger partial charge in [-0.1, -0.05) is 22.9 Å². The van der Waals surface area contributed by atoms with Crippen LogP contribution in [0.5, 0.6) is 0 Å². The molecule has 1 aromatic rings. The molecule has 0 aromatic heterocycles. The molecule has 0 bridgehead atoms. The summed E-state index contributed by atoms with van der Waals surface area (Å²) in [6, 6.07) is 2.13. The molecule has 0 spiro atoms. The van der Waals surface area contributed by atoms with E-state index in [1.807, 2.05) is 6.92 Å². The van der Waals surface area contributed by atoms with Crippen molar-refractivity contribution in [2.75, 3.05) is 19.6 Å². The fourth-order valence-corrected chi connectivity index (χ4v) is 1.82. The van der Waals surface area contributed by atoms with Crippen molar-refractivity contribution in [1.82, 2.24) is 10.6 Å². The highest BCUT2D eigenvalue weighted by Gasteiger charge is 2.17. The van der Waals surface area contributed by atoms with Gasteiger partial charge in [-0.15, -0.1) is 0 Å². The Balaban J connectivity index is 2.57. The first-order valence-electron chi connectivity index (χ1n) is 5.69. The van der Waals surface area contributed by atoms with E-state index in [4.69, 9.17) is 0 Å². The van der Waals surface area contributed by atoms with E-state index >= 15 is 0 Å². The van der Waals surface area contributed by atoms with Gasteiger partial charge in [0.05, 0.1) is 0 Å². The molecular formula is C12H15BrF2N2O. The zero-order valence-corrected chi connectivity index (χ0v) is 11.6. The Morgan fingerprint density at radius 3 is 2.39 bits per heavy atom. The number of halogens is 3. The van der Waals surface area contributed by atoms with Gasteiger partial charge in [0, 0.05) is 17.6 Å². The molecule has 0 fully saturated rings. The molecule has 0 heterocycles. The van der Waals surface area contributed by atoms with E-state index in [1.54, 1.807) is 0 Å². The van der Waals surface area contributed by atoms with Gasteiger partial charge in [-0.3, -0.25) is 4.79 Å². The van der Waals surface area contributed by atoms with E-state index in [2.05, 4.69) is 26.6 Å². The Hall–Kier alpha value is -1.01. The van der Waals surface area contributed by atoms with E-state index in [1.165, 1.54) is 0 Å². The summed E-state index contributed by atoms with van der Waals surface area (Å²) in [5.41, 5.74) is -0.548. The highest BCUT2D eigenvalue weighted by molar-refractivity contribution is 9.10. The fourth-order valence-electron chi connectivity index (χ4n) is 1.41. The van der Waals surface area contributed by atoms with Gasteiger partial charge >= 0.3 is 0 Å². The molecule has 0 radical (unpaired) electrons. The summed E-state index contributed by atoms with van der Waals surface area (Å²) in [7, 11) is 0. The Labute approximate surface area is 113 Å². The number of nitrogens with one attached hydrogen (secondary N) is 2. The van der Waals surface area contributed by atoms with Gasteiger partial charge in [-0.2, -0.15) is 0 Å². The smallest absolute Gasteiger partial charge is 0.257 e. The monoisotopic (exact) mass is 320 g/mol. The first-order valence-corrected chi connectivity index (χ1v) is 6.49. The molecule has 6 heteroatoms. The lowest BCUT2D eigenvalue weighted by molar-refractivity contribution is 0.0945. The molecule has 1 aromatic carbocycles. The van der Waals surface area contributed by atoms with Crippen LogP contribution in [-0.4, -0.2) is 25.5 Å². The Bertz CT molecular complexity index is 404. The number of carbonyl (C=O) groups excluding carboxylic acids is 1. The van der Waals surface area contributed by atoms with E-state index in [-0.39, 0.29) is 4.47 Å². The predicted molar refractivity (Wildman–Crippen MR) is 69.6 cm³/mol. The molecule has 1 rings (SSSR count). The van der Waals surface area contributed by atoms with Crippen molar-refractivity contribution in [3.8, 4) is 0 Å². The second-order valence-corrected chi connectivity index (χ2v) is 4.67. The molecule has 0 saturated carbocycles. The van der Waals surface area contributed by atoms with Crippen LogP contribution < -0.4 is 10.6 Å². The van der Waals surface area contributed by atoms with Gasteiger partial charge in [-0.05, 0) is 25.1 Å². The van der Waals surface area contributed by atoms with E-state index < -0.39 is 23.1 Å². The number of carbonyl (C=O) groups is 1. The van der Waals surface area contributed by atoms with Gasteiger partial charge in [0.2, 0.25) is 0 Å². The van der Waals surface area contributed by atoms with E-state index in [9.17, 15) is 13.6 Å². The third-order valence-corrected chi connectivity index (χ3v) is 2.71. The summed E-state index contributed by atoms with van der Waals surface area (Å²) in [5.74, 6) is -2.49. The second-order valence-electron chi connectivity index (χ2n) is 3.75. The molecule has 0 aliphatic heterocycles. The van der Waals surface area contributed by atoms with Crippen molar-refractivity contribution in [2.45, 2.75) is 13.3 Å². The summed E-state index contributed by atoms with van der Waals surface area (Å²) < 4.78 is 27.2. The highest BCUT2D eigenvalue weighted by atomic mass is 79.9. The Kier molecular flexibility index (Phi) is 6.21. The average molecular weight is 321 g/mol. The molecule has 0 aliphatic rings. The maximum atomic E-state index is 13.4. The summed E-state index contributed by atoms with van der Waals surface area (Å²) in [5, 5.41) is 5.53. The lowest BCUT2D eigenvalue weighted by Crippen LogP contribution is -2.33. The van der Waals surface area contributed by atoms with E-state index in [0.29, 0.717) is 13.1 Å². The zero-order valence-electron chi connectivity index (χ0n) is 10.0. The van der Waals surface area contributed by atoms with Crippen molar-refractivity contribution >= 4 is 21.8 Å². The summed E-state index contributed by atoms with van der Waals surface area (Å²) in [6.45, 7) is 3.77. The molecule has 0 atom stereocenters. The topological polar surface area (TPSA) is 41.1 Å². The number of hydrogen-bond acceptors (Lipinski definition) is 2. The summed E-state index contributed by atoms with van der Waals surface area (Å²) >= 11 is 2.96. The number of benzene rings is 1. The first kappa shape index (κ1) is 15.0. The van der Waals surface area contributed by atoms with Crippen molar-refractivity contribution in [3.63, 3.8) is 0 Å². The quantitative estimate of drug-likeness (QED) is 0.790. The van der Waals surface area contributed by atoms with Crippen LogP contribution in [0.1, 0.15) is 23.7 Å². The van der Waals surface area contributed by atoms with Crippen molar-refractivity contribution < 1.29 is 13.6 Å². The first-order chi connectivity index (χ1) is 8.56. The number of rotatable bonds is 6. The van der Waals surface area contributed by atoms with Crippen molar-refractivity contribution in [3.05, 3.63) is 33.8 Å². The lowest BCUT2D eigenvalue weighted by atomic mass is 10.2. The third-order valence-electron chi connectivity index (χ3n) is 2.25. The normalized spacial score (nSPS) is 10.4. The molecule has 2 N–H and O–H groups in total. The van der Waals surface area contributed by atoms with Crippen LogP contribution in [0.3, 0.4) is 0 Å². The minimum atomic E-state index is -0.874. The van der Waals surface area contributed by atoms with Crippen molar-refractivity contribution in [2.24, 2.45) is 0 Å². The van der Waals surface area contributed by atoms with Gasteiger partial charge in [0.1, 0.15) is 17.2 Å². The molecule has 100 valence electrons. The SMILES string of the molecule is CCCNCCNC(=O)c1c(F)cc(Br)cc1F. The standard InChI is InChI=1S/C12H15BrF2N2O/c1-2-3-16-4-5-17-12(18)11-9(14)6-8(13)7-10(11)15/h6-7,16H,2-5H2,1H3,(H,17,18). The molecular weight excluding hydrogens is 306 g/mol. The summed E-state index contributed by atoms with van der Waals surface area (Å²) in [4.78, 5) is 11.6. The molecule has 0 saturated heterocycles. The fraction of sp³-hybridized carbons (Fsp3) is 0.417. The van der Waals surface area contributed by atoms with Crippen LogP contribution >= 0.6 is 15.9 Å². The maximum absolute atomic E-state index is 13.4. The van der Waals surface area contributed by atoms with Crippen LogP contribution in [0.4, 0.5) is 8.78 Å². The minimum Gasteiger partial charge on any atom is -0.351 e.